The summed E-state index contributed by atoms with van der Waals surface area (Å²) >= 11 is 0. The highest BCUT2D eigenvalue weighted by Gasteiger charge is 2.30. The Balaban J connectivity index is 2.13. The predicted molar refractivity (Wildman–Crippen MR) is 80.4 cm³/mol. The Morgan fingerprint density at radius 3 is 2.90 bits per heavy atom. The fourth-order valence-electron chi connectivity index (χ4n) is 2.62. The van der Waals surface area contributed by atoms with Gasteiger partial charge < -0.3 is 10.1 Å². The van der Waals surface area contributed by atoms with Gasteiger partial charge in [0.05, 0.1) is 6.61 Å². The average Bonchev–Trinajstić information content (AvgIpc) is 2.49. The van der Waals surface area contributed by atoms with Crippen LogP contribution >= 0.6 is 0 Å². The number of nitrogens with one attached hydrogen (secondary N) is 1. The van der Waals surface area contributed by atoms with Crippen molar-refractivity contribution in [3.8, 4) is 0 Å². The van der Waals surface area contributed by atoms with E-state index in [1.165, 1.54) is 4.31 Å². The maximum absolute atomic E-state index is 12.6. The molecular formula is C14H23N3O3S. The Labute approximate surface area is 126 Å². The van der Waals surface area contributed by atoms with E-state index in [1.54, 1.807) is 25.4 Å². The molecule has 0 spiro atoms. The standard InChI is InChI=1S/C14H23N3O3S/c1-15-8-12-5-6-14(16-9-12)21(18,19)17-7-3-4-13(10-17)11-20-2/h5-6,9,13,15H,3-4,7-8,10-11H2,1-2H3. The van der Waals surface area contributed by atoms with Gasteiger partial charge in [-0.05, 0) is 37.4 Å². The van der Waals surface area contributed by atoms with Gasteiger partial charge in [0.1, 0.15) is 0 Å². The summed E-state index contributed by atoms with van der Waals surface area (Å²) in [5, 5.41) is 3.14. The minimum atomic E-state index is -3.50. The molecule has 1 unspecified atom stereocenters. The zero-order valence-corrected chi connectivity index (χ0v) is 13.4. The van der Waals surface area contributed by atoms with Crippen molar-refractivity contribution in [1.29, 1.82) is 0 Å². The van der Waals surface area contributed by atoms with Crippen LogP contribution in [0.1, 0.15) is 18.4 Å². The molecule has 7 heteroatoms. The zero-order valence-electron chi connectivity index (χ0n) is 12.6. The molecule has 0 bridgehead atoms. The van der Waals surface area contributed by atoms with Crippen molar-refractivity contribution in [2.45, 2.75) is 24.4 Å². The molecule has 1 fully saturated rings. The number of hydrogen-bond donors (Lipinski definition) is 1. The van der Waals surface area contributed by atoms with Crippen molar-refractivity contribution >= 4 is 10.0 Å². The highest BCUT2D eigenvalue weighted by atomic mass is 32.2. The highest BCUT2D eigenvalue weighted by molar-refractivity contribution is 7.89. The number of aromatic nitrogens is 1. The van der Waals surface area contributed by atoms with Gasteiger partial charge in [0, 0.05) is 32.9 Å². The van der Waals surface area contributed by atoms with Gasteiger partial charge in [-0.1, -0.05) is 6.07 Å². The maximum atomic E-state index is 12.6. The first kappa shape index (κ1) is 16.4. The minimum absolute atomic E-state index is 0.125. The first-order valence-corrected chi connectivity index (χ1v) is 8.60. The van der Waals surface area contributed by atoms with Crippen LogP contribution in [0.4, 0.5) is 0 Å². The molecule has 1 atom stereocenters. The smallest absolute Gasteiger partial charge is 0.260 e. The van der Waals surface area contributed by atoms with Crippen LogP contribution in [0.3, 0.4) is 0 Å². The number of nitrogens with zero attached hydrogens (tertiary/aromatic N) is 2. The molecule has 118 valence electrons. The second kappa shape index (κ2) is 7.31. The van der Waals surface area contributed by atoms with E-state index in [4.69, 9.17) is 4.74 Å². The molecule has 1 saturated heterocycles. The summed E-state index contributed by atoms with van der Waals surface area (Å²) in [6.07, 6.45) is 3.49. The molecule has 2 rings (SSSR count). The van der Waals surface area contributed by atoms with Crippen LogP contribution in [0.25, 0.3) is 0 Å². The van der Waals surface area contributed by atoms with Crippen molar-refractivity contribution in [2.24, 2.45) is 5.92 Å². The van der Waals surface area contributed by atoms with E-state index in [-0.39, 0.29) is 10.9 Å². The van der Waals surface area contributed by atoms with Gasteiger partial charge in [-0.3, -0.25) is 0 Å². The van der Waals surface area contributed by atoms with Crippen molar-refractivity contribution in [2.75, 3.05) is 33.9 Å². The molecule has 0 aliphatic carbocycles. The van der Waals surface area contributed by atoms with Crippen LogP contribution < -0.4 is 5.32 Å². The van der Waals surface area contributed by atoms with E-state index in [0.717, 1.165) is 18.4 Å². The lowest BCUT2D eigenvalue weighted by Gasteiger charge is -2.31. The summed E-state index contributed by atoms with van der Waals surface area (Å²) in [6, 6.07) is 3.38. The highest BCUT2D eigenvalue weighted by Crippen LogP contribution is 2.23. The van der Waals surface area contributed by atoms with Crippen molar-refractivity contribution in [1.82, 2.24) is 14.6 Å². The summed E-state index contributed by atoms with van der Waals surface area (Å²) in [5.41, 5.74) is 0.965. The molecular weight excluding hydrogens is 290 g/mol. The molecule has 1 N–H and O–H groups in total. The normalized spacial score (nSPS) is 20.6. The summed E-state index contributed by atoms with van der Waals surface area (Å²) in [6.45, 7) is 2.34. The zero-order chi connectivity index (χ0) is 15.3. The number of rotatable bonds is 6. The Morgan fingerprint density at radius 2 is 2.29 bits per heavy atom. The first-order valence-electron chi connectivity index (χ1n) is 7.16. The lowest BCUT2D eigenvalue weighted by molar-refractivity contribution is 0.118. The number of piperidine rings is 1. The summed E-state index contributed by atoms with van der Waals surface area (Å²) in [7, 11) is -0.00881. The third-order valence-electron chi connectivity index (χ3n) is 3.67. The minimum Gasteiger partial charge on any atom is -0.384 e. The molecule has 6 nitrogen and oxygen atoms in total. The van der Waals surface area contributed by atoms with Gasteiger partial charge >= 0.3 is 0 Å². The van der Waals surface area contributed by atoms with E-state index >= 15 is 0 Å². The van der Waals surface area contributed by atoms with Crippen LogP contribution in [-0.2, 0) is 21.3 Å². The topological polar surface area (TPSA) is 71.5 Å². The Morgan fingerprint density at radius 1 is 1.48 bits per heavy atom. The number of ether oxygens (including phenoxy) is 1. The number of pyridine rings is 1. The van der Waals surface area contributed by atoms with Gasteiger partial charge in [0.2, 0.25) is 0 Å². The van der Waals surface area contributed by atoms with Gasteiger partial charge in [-0.25, -0.2) is 13.4 Å². The van der Waals surface area contributed by atoms with Crippen molar-refractivity contribution < 1.29 is 13.2 Å². The molecule has 0 radical (unpaired) electrons. The SMILES string of the molecule is CNCc1ccc(S(=O)(=O)N2CCCC(COC)C2)nc1. The third kappa shape index (κ3) is 4.00. The van der Waals surface area contributed by atoms with Gasteiger partial charge in [0.25, 0.3) is 10.0 Å². The lowest BCUT2D eigenvalue weighted by Crippen LogP contribution is -2.41. The number of methoxy groups -OCH3 is 1. The third-order valence-corrected chi connectivity index (χ3v) is 5.45. The van der Waals surface area contributed by atoms with Crippen LogP contribution in [0.2, 0.25) is 0 Å². The second-order valence-electron chi connectivity index (χ2n) is 5.36. The van der Waals surface area contributed by atoms with E-state index in [0.29, 0.717) is 26.2 Å². The fourth-order valence-corrected chi connectivity index (χ4v) is 4.09. The van der Waals surface area contributed by atoms with Gasteiger partial charge in [0.15, 0.2) is 5.03 Å². The van der Waals surface area contributed by atoms with E-state index in [2.05, 4.69) is 10.3 Å². The number of hydrogen-bond acceptors (Lipinski definition) is 5. The van der Waals surface area contributed by atoms with Crippen molar-refractivity contribution in [3.05, 3.63) is 23.9 Å². The van der Waals surface area contributed by atoms with Crippen LogP contribution in [-0.4, -0.2) is 51.6 Å². The maximum Gasteiger partial charge on any atom is 0.260 e. The molecule has 1 aliphatic rings. The van der Waals surface area contributed by atoms with Gasteiger partial charge in [-0.2, -0.15) is 4.31 Å². The summed E-state index contributed by atoms with van der Waals surface area (Å²) < 4.78 is 31.9. The van der Waals surface area contributed by atoms with Crippen molar-refractivity contribution in [3.63, 3.8) is 0 Å². The van der Waals surface area contributed by atoms with E-state index < -0.39 is 10.0 Å². The lowest BCUT2D eigenvalue weighted by atomic mass is 10.0. The largest absolute Gasteiger partial charge is 0.384 e. The van der Waals surface area contributed by atoms with Crippen LogP contribution in [0, 0.1) is 5.92 Å². The fraction of sp³-hybridized carbons (Fsp3) is 0.643. The Hall–Kier alpha value is -1.02. The van der Waals surface area contributed by atoms with E-state index in [1.807, 2.05) is 7.05 Å². The Kier molecular flexibility index (Phi) is 5.69. The molecule has 1 aromatic heterocycles. The summed E-state index contributed by atoms with van der Waals surface area (Å²) in [4.78, 5) is 4.11. The van der Waals surface area contributed by atoms with E-state index in [9.17, 15) is 8.42 Å². The quantitative estimate of drug-likeness (QED) is 0.843. The number of sulfonamides is 1. The average molecular weight is 313 g/mol. The van der Waals surface area contributed by atoms with Gasteiger partial charge in [-0.15, -0.1) is 0 Å². The summed E-state index contributed by atoms with van der Waals surface area (Å²) in [5.74, 6) is 0.266. The second-order valence-corrected chi connectivity index (χ2v) is 7.25. The Bertz CT molecular complexity index is 543. The first-order chi connectivity index (χ1) is 10.1. The van der Waals surface area contributed by atoms with Crippen LogP contribution in [0.5, 0.6) is 0 Å². The molecule has 1 aromatic rings. The molecule has 21 heavy (non-hydrogen) atoms. The monoisotopic (exact) mass is 313 g/mol. The molecule has 0 aromatic carbocycles. The molecule has 0 amide bonds. The molecule has 1 aliphatic heterocycles. The molecule has 0 saturated carbocycles. The molecule has 2 heterocycles. The van der Waals surface area contributed by atoms with Crippen LogP contribution in [0.15, 0.2) is 23.4 Å². The predicted octanol–water partition coefficient (Wildman–Crippen LogP) is 0.848.